The third-order valence-corrected chi connectivity index (χ3v) is 3.93. The Labute approximate surface area is 143 Å². The molecule has 9 heteroatoms. The smallest absolute Gasteiger partial charge is 0.232 e. The maximum atomic E-state index is 9.24. The quantitative estimate of drug-likeness (QED) is 0.752. The zero-order valence-corrected chi connectivity index (χ0v) is 14.4. The zero-order valence-electron chi connectivity index (χ0n) is 13.7. The van der Waals surface area contributed by atoms with Crippen molar-refractivity contribution in [2.45, 2.75) is 26.3 Å². The summed E-state index contributed by atoms with van der Waals surface area (Å²) in [7, 11) is 1.52. The second kappa shape index (κ2) is 5.69. The number of halogens is 1. The molecule has 0 aliphatic heterocycles. The van der Waals surface area contributed by atoms with Crippen molar-refractivity contribution < 1.29 is 4.74 Å². The summed E-state index contributed by atoms with van der Waals surface area (Å²) in [5, 5.41) is 17.8. The van der Waals surface area contributed by atoms with Crippen LogP contribution in [0.25, 0.3) is 11.0 Å². The van der Waals surface area contributed by atoms with E-state index in [9.17, 15) is 5.26 Å². The van der Waals surface area contributed by atoms with Gasteiger partial charge in [-0.3, -0.25) is 4.68 Å². The maximum absolute atomic E-state index is 9.24. The SMILES string of the molecule is COc1nc(Nc2cn(C(C)(C)C#N)nc2C)nc2[nH]cc(Cl)c12. The number of rotatable bonds is 4. The molecule has 8 nitrogen and oxygen atoms in total. The van der Waals surface area contributed by atoms with E-state index in [1.807, 2.05) is 6.92 Å². The van der Waals surface area contributed by atoms with Gasteiger partial charge < -0.3 is 15.0 Å². The minimum Gasteiger partial charge on any atom is -0.480 e. The summed E-state index contributed by atoms with van der Waals surface area (Å²) in [6.45, 7) is 5.42. The summed E-state index contributed by atoms with van der Waals surface area (Å²) in [6, 6.07) is 2.21. The third-order valence-electron chi connectivity index (χ3n) is 3.64. The highest BCUT2D eigenvalue weighted by atomic mass is 35.5. The van der Waals surface area contributed by atoms with Crippen LogP contribution in [0.15, 0.2) is 12.4 Å². The van der Waals surface area contributed by atoms with Gasteiger partial charge in [0, 0.05) is 6.20 Å². The molecule has 3 heterocycles. The first-order valence-electron chi connectivity index (χ1n) is 7.19. The molecular weight excluding hydrogens is 330 g/mol. The van der Waals surface area contributed by atoms with Crippen LogP contribution in [0.4, 0.5) is 11.6 Å². The number of hydrogen-bond acceptors (Lipinski definition) is 6. The number of nitrogens with zero attached hydrogens (tertiary/aromatic N) is 5. The average molecular weight is 346 g/mol. The summed E-state index contributed by atoms with van der Waals surface area (Å²) < 4.78 is 6.90. The molecule has 0 aliphatic rings. The number of fused-ring (bicyclic) bond motifs is 1. The zero-order chi connectivity index (χ0) is 17.5. The second-order valence-electron chi connectivity index (χ2n) is 5.79. The summed E-state index contributed by atoms with van der Waals surface area (Å²) in [6.07, 6.45) is 3.38. The lowest BCUT2D eigenvalue weighted by Crippen LogP contribution is -2.24. The predicted molar refractivity (Wildman–Crippen MR) is 90.6 cm³/mol. The van der Waals surface area contributed by atoms with Crippen molar-refractivity contribution in [3.05, 3.63) is 23.1 Å². The molecule has 3 rings (SSSR count). The van der Waals surface area contributed by atoms with Crippen LogP contribution in [0, 0.1) is 18.3 Å². The van der Waals surface area contributed by atoms with Crippen LogP contribution in [0.5, 0.6) is 5.88 Å². The number of aryl methyl sites for hydroxylation is 1. The summed E-state index contributed by atoms with van der Waals surface area (Å²) >= 11 is 6.11. The van der Waals surface area contributed by atoms with Gasteiger partial charge in [-0.2, -0.15) is 20.3 Å². The number of nitrogens with one attached hydrogen (secondary N) is 2. The molecule has 0 unspecified atom stereocenters. The summed E-state index contributed by atoms with van der Waals surface area (Å²) in [5.41, 5.74) is 1.25. The molecule has 0 aromatic carbocycles. The molecule has 0 bridgehead atoms. The fraction of sp³-hybridized carbons (Fsp3) is 0.333. The van der Waals surface area contributed by atoms with Gasteiger partial charge in [-0.05, 0) is 20.8 Å². The molecule has 0 aliphatic carbocycles. The third kappa shape index (κ3) is 2.63. The van der Waals surface area contributed by atoms with E-state index in [0.29, 0.717) is 33.6 Å². The van der Waals surface area contributed by atoms with Gasteiger partial charge in [0.25, 0.3) is 0 Å². The lowest BCUT2D eigenvalue weighted by atomic mass is 10.1. The van der Waals surface area contributed by atoms with Crippen LogP contribution in [0.1, 0.15) is 19.5 Å². The minimum atomic E-state index is -0.750. The molecule has 0 atom stereocenters. The molecule has 0 spiro atoms. The van der Waals surface area contributed by atoms with Gasteiger partial charge in [0.2, 0.25) is 11.8 Å². The number of anilines is 2. The number of aromatic amines is 1. The molecule has 0 fully saturated rings. The largest absolute Gasteiger partial charge is 0.480 e. The van der Waals surface area contributed by atoms with E-state index in [-0.39, 0.29) is 0 Å². The highest BCUT2D eigenvalue weighted by Crippen LogP contribution is 2.31. The highest BCUT2D eigenvalue weighted by Gasteiger charge is 2.22. The van der Waals surface area contributed by atoms with Crippen LogP contribution in [-0.4, -0.2) is 31.8 Å². The first-order chi connectivity index (χ1) is 11.4. The normalized spacial score (nSPS) is 11.5. The van der Waals surface area contributed by atoms with E-state index in [2.05, 4.69) is 31.4 Å². The van der Waals surface area contributed by atoms with E-state index >= 15 is 0 Å². The molecule has 0 amide bonds. The van der Waals surface area contributed by atoms with Gasteiger partial charge in [0.1, 0.15) is 11.2 Å². The van der Waals surface area contributed by atoms with Gasteiger partial charge >= 0.3 is 0 Å². The number of H-pyrrole nitrogens is 1. The Morgan fingerprint density at radius 2 is 2.17 bits per heavy atom. The van der Waals surface area contributed by atoms with Gasteiger partial charge in [0.05, 0.1) is 41.2 Å². The number of hydrogen-bond donors (Lipinski definition) is 2. The first-order valence-corrected chi connectivity index (χ1v) is 7.57. The minimum absolute atomic E-state index is 0.343. The van der Waals surface area contributed by atoms with Crippen LogP contribution in [0.2, 0.25) is 5.02 Å². The van der Waals surface area contributed by atoms with Crippen molar-refractivity contribution in [1.29, 1.82) is 5.26 Å². The van der Waals surface area contributed by atoms with Crippen LogP contribution < -0.4 is 10.1 Å². The Morgan fingerprint density at radius 1 is 1.42 bits per heavy atom. The lowest BCUT2D eigenvalue weighted by molar-refractivity contribution is 0.403. The van der Waals surface area contributed by atoms with Crippen LogP contribution in [0.3, 0.4) is 0 Å². The molecule has 24 heavy (non-hydrogen) atoms. The van der Waals surface area contributed by atoms with Crippen molar-refractivity contribution >= 4 is 34.3 Å². The number of methoxy groups -OCH3 is 1. The summed E-state index contributed by atoms with van der Waals surface area (Å²) in [5.74, 6) is 0.714. The molecule has 0 saturated carbocycles. The lowest BCUT2D eigenvalue weighted by Gasteiger charge is -2.15. The van der Waals surface area contributed by atoms with Crippen molar-refractivity contribution in [2.75, 3.05) is 12.4 Å². The van der Waals surface area contributed by atoms with Crippen molar-refractivity contribution in [1.82, 2.24) is 24.7 Å². The predicted octanol–water partition coefficient (Wildman–Crippen LogP) is 3.13. The average Bonchev–Trinajstić information content (AvgIpc) is 3.11. The number of ether oxygens (including phenoxy) is 1. The van der Waals surface area contributed by atoms with Crippen LogP contribution in [-0.2, 0) is 5.54 Å². The molecule has 2 N–H and O–H groups in total. The summed E-state index contributed by atoms with van der Waals surface area (Å²) in [4.78, 5) is 11.7. The van der Waals surface area contributed by atoms with E-state index in [0.717, 1.165) is 5.69 Å². The number of nitriles is 1. The van der Waals surface area contributed by atoms with Gasteiger partial charge in [-0.1, -0.05) is 11.6 Å². The molecule has 3 aromatic heterocycles. The Kier molecular flexibility index (Phi) is 3.81. The fourth-order valence-corrected chi connectivity index (χ4v) is 2.43. The maximum Gasteiger partial charge on any atom is 0.232 e. The Hall–Kier alpha value is -2.79. The van der Waals surface area contributed by atoms with Gasteiger partial charge in [-0.25, -0.2) is 0 Å². The standard InChI is InChI=1S/C15H16ClN7O/c1-8-10(6-23(22-8)15(2,3)7-17)19-14-20-12-11(9(16)5-18-12)13(21-14)24-4/h5-6H,1-4H3,(H2,18,19,20,21). The fourth-order valence-electron chi connectivity index (χ4n) is 2.21. The van der Waals surface area contributed by atoms with E-state index in [1.165, 1.54) is 7.11 Å². The topological polar surface area (TPSA) is 104 Å². The Balaban J connectivity index is 2.00. The molecular formula is C15H16ClN7O. The van der Waals surface area contributed by atoms with Crippen molar-refractivity contribution in [3.8, 4) is 11.9 Å². The van der Waals surface area contributed by atoms with E-state index < -0.39 is 5.54 Å². The first kappa shape index (κ1) is 16.1. The van der Waals surface area contributed by atoms with Crippen molar-refractivity contribution in [2.24, 2.45) is 0 Å². The molecule has 0 radical (unpaired) electrons. The van der Waals surface area contributed by atoms with Gasteiger partial charge in [0.15, 0.2) is 0 Å². The molecule has 3 aromatic rings. The van der Waals surface area contributed by atoms with Crippen LogP contribution >= 0.6 is 11.6 Å². The van der Waals surface area contributed by atoms with E-state index in [1.54, 1.807) is 30.9 Å². The highest BCUT2D eigenvalue weighted by molar-refractivity contribution is 6.35. The number of aromatic nitrogens is 5. The Morgan fingerprint density at radius 3 is 2.83 bits per heavy atom. The monoisotopic (exact) mass is 345 g/mol. The molecule has 124 valence electrons. The van der Waals surface area contributed by atoms with Crippen molar-refractivity contribution in [3.63, 3.8) is 0 Å². The second-order valence-corrected chi connectivity index (χ2v) is 6.19. The molecule has 0 saturated heterocycles. The van der Waals surface area contributed by atoms with E-state index in [4.69, 9.17) is 16.3 Å². The van der Waals surface area contributed by atoms with Gasteiger partial charge in [-0.15, -0.1) is 0 Å². The Bertz CT molecular complexity index is 951.